The maximum absolute atomic E-state index is 13.0. The minimum atomic E-state index is -4.43. The first kappa shape index (κ1) is 16.2. The SMILES string of the molecule is CCN(CC(C)CN)c1ncc(Br)cc1C(F)(F)F. The molecule has 108 valence electrons. The molecule has 1 aromatic heterocycles. The molecule has 2 N–H and O–H groups in total. The maximum atomic E-state index is 13.0. The Morgan fingerprint density at radius 1 is 1.47 bits per heavy atom. The highest BCUT2D eigenvalue weighted by molar-refractivity contribution is 9.10. The Morgan fingerprint density at radius 2 is 2.11 bits per heavy atom. The van der Waals surface area contributed by atoms with E-state index in [1.807, 2.05) is 6.92 Å². The number of nitrogens with two attached hydrogens (primary N) is 1. The van der Waals surface area contributed by atoms with E-state index in [0.717, 1.165) is 6.07 Å². The first-order chi connectivity index (χ1) is 8.79. The first-order valence-corrected chi connectivity index (χ1v) is 6.76. The van der Waals surface area contributed by atoms with Crippen LogP contribution in [-0.4, -0.2) is 24.6 Å². The molecule has 0 saturated heterocycles. The van der Waals surface area contributed by atoms with Crippen LogP contribution in [0.1, 0.15) is 19.4 Å². The summed E-state index contributed by atoms with van der Waals surface area (Å²) >= 11 is 3.02. The van der Waals surface area contributed by atoms with Crippen LogP contribution in [0.2, 0.25) is 0 Å². The van der Waals surface area contributed by atoms with Gasteiger partial charge in [0, 0.05) is 23.8 Å². The van der Waals surface area contributed by atoms with Crippen molar-refractivity contribution < 1.29 is 13.2 Å². The molecule has 0 aromatic carbocycles. The summed E-state index contributed by atoms with van der Waals surface area (Å²) in [5.41, 5.74) is 4.80. The molecule has 1 rings (SSSR count). The zero-order chi connectivity index (χ0) is 14.6. The summed E-state index contributed by atoms with van der Waals surface area (Å²) in [5.74, 6) is 0.0602. The number of pyridine rings is 1. The van der Waals surface area contributed by atoms with Crippen molar-refractivity contribution >= 4 is 21.7 Å². The summed E-state index contributed by atoms with van der Waals surface area (Å²) in [4.78, 5) is 5.53. The molecule has 0 aliphatic carbocycles. The highest BCUT2D eigenvalue weighted by Gasteiger charge is 2.36. The van der Waals surface area contributed by atoms with E-state index in [-0.39, 0.29) is 11.7 Å². The number of halogens is 4. The van der Waals surface area contributed by atoms with Crippen molar-refractivity contribution in [2.75, 3.05) is 24.5 Å². The van der Waals surface area contributed by atoms with Crippen molar-refractivity contribution in [3.8, 4) is 0 Å². The quantitative estimate of drug-likeness (QED) is 0.895. The standard InChI is InChI=1S/C12H17BrF3N3/c1-3-19(7-8(2)5-17)11-10(12(14,15)16)4-9(13)6-18-11/h4,6,8H,3,5,7,17H2,1-2H3. The molecule has 0 aliphatic rings. The van der Waals surface area contributed by atoms with Gasteiger partial charge < -0.3 is 10.6 Å². The van der Waals surface area contributed by atoms with Gasteiger partial charge in [-0.3, -0.25) is 0 Å². The number of alkyl halides is 3. The molecule has 19 heavy (non-hydrogen) atoms. The van der Waals surface area contributed by atoms with E-state index >= 15 is 0 Å². The van der Waals surface area contributed by atoms with E-state index in [2.05, 4.69) is 20.9 Å². The molecule has 7 heteroatoms. The average molecular weight is 340 g/mol. The molecular weight excluding hydrogens is 323 g/mol. The van der Waals surface area contributed by atoms with Crippen molar-refractivity contribution in [3.05, 3.63) is 22.3 Å². The highest BCUT2D eigenvalue weighted by atomic mass is 79.9. The number of hydrogen-bond acceptors (Lipinski definition) is 3. The Bertz CT molecular complexity index is 423. The molecule has 1 atom stereocenters. The lowest BCUT2D eigenvalue weighted by Crippen LogP contribution is -2.33. The van der Waals surface area contributed by atoms with Gasteiger partial charge in [0.25, 0.3) is 0 Å². The van der Waals surface area contributed by atoms with Crippen molar-refractivity contribution in [1.82, 2.24) is 4.98 Å². The van der Waals surface area contributed by atoms with E-state index in [1.165, 1.54) is 6.20 Å². The van der Waals surface area contributed by atoms with Crippen molar-refractivity contribution in [2.45, 2.75) is 20.0 Å². The van der Waals surface area contributed by atoms with Crippen LogP contribution in [0.25, 0.3) is 0 Å². The smallest absolute Gasteiger partial charge is 0.356 e. The summed E-state index contributed by atoms with van der Waals surface area (Å²) in [5, 5.41) is 0. The molecule has 0 fully saturated rings. The van der Waals surface area contributed by atoms with Crippen molar-refractivity contribution in [3.63, 3.8) is 0 Å². The van der Waals surface area contributed by atoms with E-state index in [9.17, 15) is 13.2 Å². The van der Waals surface area contributed by atoms with Crippen LogP contribution in [0.3, 0.4) is 0 Å². The van der Waals surface area contributed by atoms with E-state index < -0.39 is 11.7 Å². The summed E-state index contributed by atoms with van der Waals surface area (Å²) in [6.45, 7) is 5.02. The summed E-state index contributed by atoms with van der Waals surface area (Å²) in [7, 11) is 0. The number of rotatable bonds is 5. The van der Waals surface area contributed by atoms with Crippen LogP contribution < -0.4 is 10.6 Å². The van der Waals surface area contributed by atoms with Crippen LogP contribution in [0, 0.1) is 5.92 Å². The third-order valence-electron chi connectivity index (χ3n) is 2.75. The molecule has 0 aliphatic heterocycles. The second kappa shape index (κ2) is 6.56. The van der Waals surface area contributed by atoms with Crippen LogP contribution in [-0.2, 0) is 6.18 Å². The molecule has 0 saturated carbocycles. The predicted molar refractivity (Wildman–Crippen MR) is 73.0 cm³/mol. The van der Waals surface area contributed by atoms with E-state index in [1.54, 1.807) is 11.8 Å². The van der Waals surface area contributed by atoms with Gasteiger partial charge >= 0.3 is 6.18 Å². The summed E-state index contributed by atoms with van der Waals surface area (Å²) in [6, 6.07) is 1.05. The zero-order valence-corrected chi connectivity index (χ0v) is 12.4. The van der Waals surface area contributed by atoms with Crippen molar-refractivity contribution in [2.24, 2.45) is 11.7 Å². The molecule has 1 unspecified atom stereocenters. The van der Waals surface area contributed by atoms with Gasteiger partial charge in [-0.1, -0.05) is 6.92 Å². The topological polar surface area (TPSA) is 42.1 Å². The van der Waals surface area contributed by atoms with Crippen molar-refractivity contribution in [1.29, 1.82) is 0 Å². The molecule has 1 heterocycles. The second-order valence-electron chi connectivity index (χ2n) is 4.40. The van der Waals surface area contributed by atoms with Crippen LogP contribution >= 0.6 is 15.9 Å². The number of nitrogens with zero attached hydrogens (tertiary/aromatic N) is 2. The molecule has 0 spiro atoms. The van der Waals surface area contributed by atoms with Crippen LogP contribution in [0.15, 0.2) is 16.7 Å². The Kier molecular flexibility index (Phi) is 5.61. The van der Waals surface area contributed by atoms with Gasteiger partial charge in [0.1, 0.15) is 5.82 Å². The normalized spacial score (nSPS) is 13.4. The van der Waals surface area contributed by atoms with Gasteiger partial charge in [0.2, 0.25) is 0 Å². The largest absolute Gasteiger partial charge is 0.419 e. The van der Waals surface area contributed by atoms with Gasteiger partial charge in [0.15, 0.2) is 0 Å². The van der Waals surface area contributed by atoms with Crippen LogP contribution in [0.5, 0.6) is 0 Å². The second-order valence-corrected chi connectivity index (χ2v) is 5.32. The van der Waals surface area contributed by atoms with Gasteiger partial charge in [0.05, 0.1) is 5.56 Å². The molecule has 0 bridgehead atoms. The maximum Gasteiger partial charge on any atom is 0.419 e. The predicted octanol–water partition coefficient (Wildman–Crippen LogP) is 3.28. The summed E-state index contributed by atoms with van der Waals surface area (Å²) < 4.78 is 39.4. The first-order valence-electron chi connectivity index (χ1n) is 5.97. The Morgan fingerprint density at radius 3 is 2.58 bits per heavy atom. The van der Waals surface area contributed by atoms with Gasteiger partial charge in [-0.05, 0) is 41.4 Å². The molecule has 1 aromatic rings. The number of aromatic nitrogens is 1. The monoisotopic (exact) mass is 339 g/mol. The van der Waals surface area contributed by atoms with Gasteiger partial charge in [-0.15, -0.1) is 0 Å². The zero-order valence-electron chi connectivity index (χ0n) is 10.8. The fourth-order valence-electron chi connectivity index (χ4n) is 1.71. The fraction of sp³-hybridized carbons (Fsp3) is 0.583. The lowest BCUT2D eigenvalue weighted by Gasteiger charge is -2.27. The molecule has 3 nitrogen and oxygen atoms in total. The lowest BCUT2D eigenvalue weighted by atomic mass is 10.1. The molecular formula is C12H17BrF3N3. The lowest BCUT2D eigenvalue weighted by molar-refractivity contribution is -0.137. The third-order valence-corrected chi connectivity index (χ3v) is 3.19. The van der Waals surface area contributed by atoms with E-state index in [4.69, 9.17) is 5.73 Å². The summed E-state index contributed by atoms with van der Waals surface area (Å²) in [6.07, 6.45) is -3.05. The fourth-order valence-corrected chi connectivity index (χ4v) is 2.04. The average Bonchev–Trinajstić information content (AvgIpc) is 2.34. The van der Waals surface area contributed by atoms with Crippen LogP contribution in [0.4, 0.5) is 19.0 Å². The minimum Gasteiger partial charge on any atom is -0.356 e. The van der Waals surface area contributed by atoms with E-state index in [0.29, 0.717) is 24.1 Å². The Labute approximate surface area is 119 Å². The van der Waals surface area contributed by atoms with Gasteiger partial charge in [-0.2, -0.15) is 13.2 Å². The molecule has 0 radical (unpaired) electrons. The molecule has 0 amide bonds. The number of hydrogen-bond donors (Lipinski definition) is 1. The van der Waals surface area contributed by atoms with Gasteiger partial charge in [-0.25, -0.2) is 4.98 Å². The highest BCUT2D eigenvalue weighted by Crippen LogP contribution is 2.36. The Hall–Kier alpha value is -0.820. The minimum absolute atomic E-state index is 0.0431. The third kappa shape index (κ3) is 4.35. The number of anilines is 1. The Balaban J connectivity index is 3.16.